The first-order chi connectivity index (χ1) is 7.79. The topological polar surface area (TPSA) is 28.2 Å². The minimum atomic E-state index is 0. The van der Waals surface area contributed by atoms with Gasteiger partial charge in [0.1, 0.15) is 5.01 Å². The van der Waals surface area contributed by atoms with Crippen molar-refractivity contribution in [3.8, 4) is 0 Å². The van der Waals surface area contributed by atoms with E-state index in [-0.39, 0.29) is 12.4 Å². The molecule has 5 heteroatoms. The van der Waals surface area contributed by atoms with Gasteiger partial charge in [-0.25, -0.2) is 4.98 Å². The summed E-state index contributed by atoms with van der Waals surface area (Å²) in [7, 11) is 0. The van der Waals surface area contributed by atoms with E-state index >= 15 is 0 Å². The number of nitrogens with zero attached hydrogens (tertiary/aromatic N) is 2. The molecule has 2 unspecified atom stereocenters. The Labute approximate surface area is 113 Å². The molecule has 2 atom stereocenters. The number of halogens is 1. The summed E-state index contributed by atoms with van der Waals surface area (Å²) in [5.74, 6) is 0. The third-order valence-electron chi connectivity index (χ3n) is 3.63. The molecule has 1 aromatic heterocycles. The van der Waals surface area contributed by atoms with Crippen LogP contribution in [0.25, 0.3) is 0 Å². The molecule has 1 N–H and O–H groups in total. The fourth-order valence-corrected chi connectivity index (χ4v) is 3.64. The highest BCUT2D eigenvalue weighted by molar-refractivity contribution is 7.09. The van der Waals surface area contributed by atoms with E-state index in [2.05, 4.69) is 27.5 Å². The molecular weight excluding hydrogens is 254 g/mol. The summed E-state index contributed by atoms with van der Waals surface area (Å²) in [6.45, 7) is 5.55. The van der Waals surface area contributed by atoms with Gasteiger partial charge in [0.05, 0.1) is 6.54 Å². The Bertz CT molecular complexity index is 368. The fourth-order valence-electron chi connectivity index (χ4n) is 2.83. The van der Waals surface area contributed by atoms with Crippen molar-refractivity contribution in [3.63, 3.8) is 0 Å². The van der Waals surface area contributed by atoms with Gasteiger partial charge in [-0.1, -0.05) is 0 Å². The maximum absolute atomic E-state index is 4.55. The second-order valence-corrected chi connectivity index (χ2v) is 5.99. The molecule has 0 aromatic carbocycles. The minimum absolute atomic E-state index is 0. The van der Waals surface area contributed by atoms with Crippen LogP contribution < -0.4 is 5.32 Å². The van der Waals surface area contributed by atoms with E-state index in [1.165, 1.54) is 37.4 Å². The lowest BCUT2D eigenvalue weighted by molar-refractivity contribution is 0.250. The van der Waals surface area contributed by atoms with Crippen LogP contribution in [0.2, 0.25) is 0 Å². The highest BCUT2D eigenvalue weighted by Gasteiger charge is 2.29. The van der Waals surface area contributed by atoms with E-state index < -0.39 is 0 Å². The number of aromatic nitrogens is 1. The molecule has 2 bridgehead atoms. The molecule has 96 valence electrons. The maximum atomic E-state index is 4.55. The highest BCUT2D eigenvalue weighted by atomic mass is 35.5. The smallest absolute Gasteiger partial charge is 0.107 e. The Morgan fingerprint density at radius 2 is 2.24 bits per heavy atom. The second kappa shape index (κ2) is 5.65. The van der Waals surface area contributed by atoms with Gasteiger partial charge in [-0.2, -0.15) is 0 Å². The lowest BCUT2D eigenvalue weighted by atomic mass is 10.1. The second-order valence-electron chi connectivity index (χ2n) is 5.04. The molecule has 3 nitrogen and oxygen atoms in total. The normalized spacial score (nSPS) is 28.8. The molecule has 0 amide bonds. The molecule has 2 saturated heterocycles. The third kappa shape index (κ3) is 3.19. The largest absolute Gasteiger partial charge is 0.310 e. The molecule has 0 radical (unpaired) electrons. The van der Waals surface area contributed by atoms with E-state index in [1.54, 1.807) is 11.3 Å². The average molecular weight is 274 g/mol. The molecule has 0 saturated carbocycles. The van der Waals surface area contributed by atoms with Crippen molar-refractivity contribution >= 4 is 23.7 Å². The zero-order valence-electron chi connectivity index (χ0n) is 10.2. The first-order valence-electron chi connectivity index (χ1n) is 6.19. The number of nitrogens with one attached hydrogen (secondary N) is 1. The summed E-state index contributed by atoms with van der Waals surface area (Å²) >= 11 is 1.80. The first-order valence-corrected chi connectivity index (χ1v) is 7.07. The van der Waals surface area contributed by atoms with E-state index in [0.717, 1.165) is 24.3 Å². The van der Waals surface area contributed by atoms with Crippen molar-refractivity contribution in [2.75, 3.05) is 13.1 Å². The molecule has 0 spiro atoms. The number of hydrogen-bond donors (Lipinski definition) is 1. The predicted molar refractivity (Wildman–Crippen MR) is 73.9 cm³/mol. The minimum Gasteiger partial charge on any atom is -0.310 e. The van der Waals surface area contributed by atoms with Crippen LogP contribution in [0.3, 0.4) is 0 Å². The van der Waals surface area contributed by atoms with Crippen LogP contribution in [-0.4, -0.2) is 35.1 Å². The Balaban J connectivity index is 0.00000108. The van der Waals surface area contributed by atoms with E-state index in [1.807, 2.05) is 0 Å². The van der Waals surface area contributed by atoms with Crippen molar-refractivity contribution in [2.45, 2.75) is 44.8 Å². The van der Waals surface area contributed by atoms with Crippen molar-refractivity contribution in [1.82, 2.24) is 15.2 Å². The van der Waals surface area contributed by atoms with E-state index in [9.17, 15) is 0 Å². The molecule has 2 fully saturated rings. The van der Waals surface area contributed by atoms with Crippen LogP contribution in [0.4, 0.5) is 0 Å². The Hall–Kier alpha value is -0.160. The van der Waals surface area contributed by atoms with Gasteiger partial charge >= 0.3 is 0 Å². The van der Waals surface area contributed by atoms with Gasteiger partial charge in [-0.05, 0) is 26.2 Å². The Morgan fingerprint density at radius 3 is 3.00 bits per heavy atom. The maximum Gasteiger partial charge on any atom is 0.107 e. The fraction of sp³-hybridized carbons (Fsp3) is 0.750. The Kier molecular flexibility index (Phi) is 4.42. The van der Waals surface area contributed by atoms with Crippen LogP contribution in [-0.2, 0) is 6.54 Å². The summed E-state index contributed by atoms with van der Waals surface area (Å²) in [6, 6.07) is 1.52. The monoisotopic (exact) mass is 273 g/mol. The van der Waals surface area contributed by atoms with Crippen LogP contribution in [0.5, 0.6) is 0 Å². The van der Waals surface area contributed by atoms with Gasteiger partial charge < -0.3 is 5.32 Å². The molecule has 3 rings (SSSR count). The summed E-state index contributed by atoms with van der Waals surface area (Å²) < 4.78 is 0. The molecule has 17 heavy (non-hydrogen) atoms. The molecular formula is C12H20ClN3S. The number of hydrogen-bond acceptors (Lipinski definition) is 4. The zero-order valence-corrected chi connectivity index (χ0v) is 11.8. The van der Waals surface area contributed by atoms with Gasteiger partial charge in [-0.15, -0.1) is 23.7 Å². The number of thiazole rings is 1. The van der Waals surface area contributed by atoms with Crippen molar-refractivity contribution < 1.29 is 0 Å². The first kappa shape index (κ1) is 13.3. The van der Waals surface area contributed by atoms with Crippen molar-refractivity contribution in [1.29, 1.82) is 0 Å². The SMILES string of the molecule is Cc1csc(CN2CCC3CCC(C2)N3)n1.Cl. The molecule has 3 heterocycles. The van der Waals surface area contributed by atoms with Crippen LogP contribution in [0, 0.1) is 6.92 Å². The summed E-state index contributed by atoms with van der Waals surface area (Å²) in [6.07, 6.45) is 4.05. The van der Waals surface area contributed by atoms with Gasteiger partial charge in [0.25, 0.3) is 0 Å². The van der Waals surface area contributed by atoms with Gasteiger partial charge in [0.2, 0.25) is 0 Å². The standard InChI is InChI=1S/C12H19N3S.ClH/c1-9-8-16-12(13-9)7-15-5-4-10-2-3-11(6-15)14-10;/h8,10-11,14H,2-7H2,1H3;1H. The van der Waals surface area contributed by atoms with Crippen LogP contribution >= 0.6 is 23.7 Å². The van der Waals surface area contributed by atoms with E-state index in [0.29, 0.717) is 0 Å². The van der Waals surface area contributed by atoms with Crippen molar-refractivity contribution in [2.24, 2.45) is 0 Å². The van der Waals surface area contributed by atoms with Gasteiger partial charge in [0.15, 0.2) is 0 Å². The van der Waals surface area contributed by atoms with Crippen molar-refractivity contribution in [3.05, 3.63) is 16.1 Å². The lowest BCUT2D eigenvalue weighted by Gasteiger charge is -2.22. The van der Waals surface area contributed by atoms with Crippen LogP contribution in [0.15, 0.2) is 5.38 Å². The number of likely N-dealkylation sites (tertiary alicyclic amines) is 1. The number of fused-ring (bicyclic) bond motifs is 2. The number of rotatable bonds is 2. The van der Waals surface area contributed by atoms with Crippen LogP contribution in [0.1, 0.15) is 30.0 Å². The average Bonchev–Trinajstić information content (AvgIpc) is 2.77. The van der Waals surface area contributed by atoms with Gasteiger partial charge in [0, 0.05) is 36.2 Å². The highest BCUT2D eigenvalue weighted by Crippen LogP contribution is 2.22. The molecule has 2 aliphatic rings. The zero-order chi connectivity index (χ0) is 11.0. The Morgan fingerprint density at radius 1 is 1.41 bits per heavy atom. The number of aryl methyl sites for hydroxylation is 1. The summed E-state index contributed by atoms with van der Waals surface area (Å²) in [4.78, 5) is 7.12. The summed E-state index contributed by atoms with van der Waals surface area (Å²) in [5, 5.41) is 7.14. The predicted octanol–water partition coefficient (Wildman–Crippen LogP) is 2.20. The molecule has 0 aliphatic carbocycles. The quantitative estimate of drug-likeness (QED) is 0.895. The lowest BCUT2D eigenvalue weighted by Crippen LogP contribution is -2.34. The third-order valence-corrected chi connectivity index (χ3v) is 4.58. The summed E-state index contributed by atoms with van der Waals surface area (Å²) in [5.41, 5.74) is 1.16. The molecule has 1 aromatic rings. The van der Waals surface area contributed by atoms with Gasteiger partial charge in [-0.3, -0.25) is 4.90 Å². The molecule has 2 aliphatic heterocycles. The van der Waals surface area contributed by atoms with E-state index in [4.69, 9.17) is 0 Å².